The van der Waals surface area contributed by atoms with Crippen molar-refractivity contribution in [2.45, 2.75) is 22.8 Å². The predicted molar refractivity (Wildman–Crippen MR) is 66.1 cm³/mol. The van der Waals surface area contributed by atoms with Gasteiger partial charge in [-0.25, -0.2) is 8.42 Å². The number of benzene rings is 1. The standard InChI is InChI=1S/C10H6F9NO3S2/c1-23-20(24-10(17,18)19)25(21,22)7-3-5(8(11,12)13)2-6(4-7)9(14,15)16/h2-4H,1H3. The molecule has 0 radical (unpaired) electrons. The zero-order valence-electron chi connectivity index (χ0n) is 11.6. The first-order valence-electron chi connectivity index (χ1n) is 5.63. The molecule has 0 heterocycles. The summed E-state index contributed by atoms with van der Waals surface area (Å²) in [4.78, 5) is 2.25. The lowest BCUT2D eigenvalue weighted by atomic mass is 10.1. The van der Waals surface area contributed by atoms with Crippen LogP contribution in [0.3, 0.4) is 0 Å². The van der Waals surface area contributed by atoms with Gasteiger partial charge in [-0.3, -0.25) is 4.84 Å². The van der Waals surface area contributed by atoms with E-state index in [0.717, 1.165) is 0 Å². The van der Waals surface area contributed by atoms with Crippen LogP contribution in [-0.2, 0) is 27.2 Å². The Morgan fingerprint density at radius 1 is 0.880 bits per heavy atom. The summed E-state index contributed by atoms with van der Waals surface area (Å²) < 4.78 is 136. The van der Waals surface area contributed by atoms with E-state index in [0.29, 0.717) is 7.11 Å². The number of hydrogen-bond donors (Lipinski definition) is 0. The quantitative estimate of drug-likeness (QED) is 0.408. The summed E-state index contributed by atoms with van der Waals surface area (Å²) in [5.41, 5.74) is -9.25. The molecule has 0 N–H and O–H groups in total. The number of sulfonamides is 1. The smallest absolute Gasteiger partial charge is 0.277 e. The SMILES string of the molecule is CON(SC(F)(F)F)S(=O)(=O)c1cc(C(F)(F)F)cc(C(F)(F)F)c1. The number of nitrogens with zero attached hydrogens (tertiary/aromatic N) is 1. The summed E-state index contributed by atoms with van der Waals surface area (Å²) in [6, 6.07) is -0.825. The zero-order chi connectivity index (χ0) is 19.8. The number of hydrogen-bond acceptors (Lipinski definition) is 4. The predicted octanol–water partition coefficient (Wildman–Crippen LogP) is 4.44. The molecule has 0 fully saturated rings. The van der Waals surface area contributed by atoms with Gasteiger partial charge in [0.1, 0.15) is 0 Å². The fourth-order valence-electron chi connectivity index (χ4n) is 1.43. The van der Waals surface area contributed by atoms with Crippen molar-refractivity contribution in [1.29, 1.82) is 0 Å². The van der Waals surface area contributed by atoms with E-state index in [4.69, 9.17) is 0 Å². The summed E-state index contributed by atoms with van der Waals surface area (Å²) >= 11 is -1.41. The van der Waals surface area contributed by atoms with Gasteiger partial charge in [-0.1, -0.05) is 0 Å². The molecule has 0 aliphatic carbocycles. The van der Waals surface area contributed by atoms with Crippen LogP contribution in [0.15, 0.2) is 23.1 Å². The molecule has 0 spiro atoms. The number of rotatable bonds is 4. The third kappa shape index (κ3) is 5.65. The average Bonchev–Trinajstić information content (AvgIpc) is 2.41. The minimum atomic E-state index is -5.50. The third-order valence-corrected chi connectivity index (χ3v) is 5.07. The Hall–Kier alpha value is -1.19. The van der Waals surface area contributed by atoms with Crippen LogP contribution in [0.2, 0.25) is 0 Å². The fraction of sp³-hybridized carbons (Fsp3) is 0.400. The lowest BCUT2D eigenvalue weighted by molar-refractivity contribution is -0.143. The maximum atomic E-state index is 12.7. The Bertz CT molecular complexity index is 692. The van der Waals surface area contributed by atoms with Crippen LogP contribution in [0.25, 0.3) is 0 Å². The number of alkyl halides is 9. The third-order valence-electron chi connectivity index (χ3n) is 2.38. The summed E-state index contributed by atoms with van der Waals surface area (Å²) in [5, 5.41) is 0. The number of halogens is 9. The highest BCUT2D eigenvalue weighted by Gasteiger charge is 2.42. The molecule has 25 heavy (non-hydrogen) atoms. The second-order valence-corrected chi connectivity index (χ2v) is 7.12. The van der Waals surface area contributed by atoms with Gasteiger partial charge in [-0.15, -0.1) is 0 Å². The van der Waals surface area contributed by atoms with Crippen molar-refractivity contribution >= 4 is 22.0 Å². The lowest BCUT2D eigenvalue weighted by Gasteiger charge is -2.20. The van der Waals surface area contributed by atoms with Crippen molar-refractivity contribution in [3.63, 3.8) is 0 Å². The Balaban J connectivity index is 3.58. The van der Waals surface area contributed by atoms with E-state index in [9.17, 15) is 47.9 Å². The molecule has 1 rings (SSSR count). The first kappa shape index (κ1) is 21.9. The Labute approximate surface area is 138 Å². The van der Waals surface area contributed by atoms with Gasteiger partial charge >= 0.3 is 17.9 Å². The fourth-order valence-corrected chi connectivity index (χ4v) is 3.50. The molecule has 0 saturated heterocycles. The van der Waals surface area contributed by atoms with Gasteiger partial charge in [0.25, 0.3) is 10.0 Å². The van der Waals surface area contributed by atoms with Crippen LogP contribution in [0.4, 0.5) is 39.5 Å². The van der Waals surface area contributed by atoms with Crippen molar-refractivity contribution in [3.05, 3.63) is 29.3 Å². The van der Waals surface area contributed by atoms with E-state index in [2.05, 4.69) is 4.84 Å². The molecule has 4 nitrogen and oxygen atoms in total. The normalized spacial score (nSPS) is 14.2. The van der Waals surface area contributed by atoms with E-state index < -0.39 is 59.7 Å². The highest BCUT2D eigenvalue weighted by atomic mass is 32.3. The molecule has 15 heteroatoms. The van der Waals surface area contributed by atoms with Gasteiger partial charge in [0.15, 0.2) is 0 Å². The van der Waals surface area contributed by atoms with Gasteiger partial charge < -0.3 is 0 Å². The summed E-state index contributed by atoms with van der Waals surface area (Å²) in [6.07, 6.45) is -10.7. The monoisotopic (exact) mass is 423 g/mol. The maximum Gasteiger partial charge on any atom is 0.459 e. The van der Waals surface area contributed by atoms with Crippen LogP contribution in [0.1, 0.15) is 11.1 Å². The van der Waals surface area contributed by atoms with Crippen LogP contribution in [0.5, 0.6) is 0 Å². The molecule has 0 saturated carbocycles. The molecular weight excluding hydrogens is 417 g/mol. The van der Waals surface area contributed by atoms with Crippen molar-refractivity contribution in [3.8, 4) is 0 Å². The Morgan fingerprint density at radius 3 is 1.56 bits per heavy atom. The van der Waals surface area contributed by atoms with Crippen LogP contribution in [-0.4, -0.2) is 24.9 Å². The van der Waals surface area contributed by atoms with E-state index in [1.807, 2.05) is 0 Å². The molecule has 0 aromatic heterocycles. The van der Waals surface area contributed by atoms with Gasteiger partial charge in [0, 0.05) is 0 Å². The first-order valence-corrected chi connectivity index (χ1v) is 7.84. The van der Waals surface area contributed by atoms with E-state index in [1.54, 1.807) is 0 Å². The maximum absolute atomic E-state index is 12.7. The lowest BCUT2D eigenvalue weighted by Crippen LogP contribution is -2.28. The first-order chi connectivity index (χ1) is 11.0. The van der Waals surface area contributed by atoms with E-state index in [1.165, 1.54) is 0 Å². The summed E-state index contributed by atoms with van der Waals surface area (Å²) in [5.74, 6) is 0. The van der Waals surface area contributed by atoms with Crippen molar-refractivity contribution in [1.82, 2.24) is 3.87 Å². The molecule has 0 atom stereocenters. The average molecular weight is 423 g/mol. The Morgan fingerprint density at radius 2 is 1.28 bits per heavy atom. The van der Waals surface area contributed by atoms with Crippen LogP contribution < -0.4 is 0 Å². The topological polar surface area (TPSA) is 46.6 Å². The second kappa shape index (κ2) is 6.85. The summed E-state index contributed by atoms with van der Waals surface area (Å²) in [7, 11) is -5.06. The molecule has 0 amide bonds. The Kier molecular flexibility index (Phi) is 5.98. The van der Waals surface area contributed by atoms with Crippen molar-refractivity contribution < 1.29 is 52.8 Å². The second-order valence-electron chi connectivity index (χ2n) is 4.16. The highest BCUT2D eigenvalue weighted by Crippen LogP contribution is 2.40. The van der Waals surface area contributed by atoms with Gasteiger partial charge in [-0.2, -0.15) is 39.5 Å². The molecule has 0 unspecified atom stereocenters. The molecule has 0 aliphatic heterocycles. The molecular formula is C10H6F9NO3S2. The highest BCUT2D eigenvalue weighted by molar-refractivity contribution is 8.08. The van der Waals surface area contributed by atoms with Crippen LogP contribution >= 0.6 is 11.9 Å². The van der Waals surface area contributed by atoms with E-state index in [-0.39, 0.29) is 18.2 Å². The van der Waals surface area contributed by atoms with Crippen LogP contribution in [0, 0.1) is 0 Å². The molecule has 1 aromatic carbocycles. The van der Waals surface area contributed by atoms with Gasteiger partial charge in [0.05, 0.1) is 35.1 Å². The summed E-state index contributed by atoms with van der Waals surface area (Å²) in [6.45, 7) is 0. The minimum Gasteiger partial charge on any atom is -0.277 e. The molecule has 1 aromatic rings. The van der Waals surface area contributed by atoms with Gasteiger partial charge in [0.2, 0.25) is 0 Å². The molecule has 144 valence electrons. The minimum absolute atomic E-state index is 0.229. The van der Waals surface area contributed by atoms with Crippen molar-refractivity contribution in [2.24, 2.45) is 0 Å². The zero-order valence-corrected chi connectivity index (χ0v) is 13.3. The van der Waals surface area contributed by atoms with Gasteiger partial charge in [-0.05, 0) is 22.1 Å². The molecule has 0 aliphatic rings. The van der Waals surface area contributed by atoms with Crippen molar-refractivity contribution in [2.75, 3.05) is 7.11 Å². The molecule has 0 bridgehead atoms. The van der Waals surface area contributed by atoms with E-state index >= 15 is 0 Å². The largest absolute Gasteiger partial charge is 0.459 e.